The van der Waals surface area contributed by atoms with Crippen LogP contribution >= 0.6 is 0 Å². The number of esters is 1. The maximum atomic E-state index is 13.0. The number of hydrogen-bond acceptors (Lipinski definition) is 8. The van der Waals surface area contributed by atoms with Crippen LogP contribution < -0.4 is 9.64 Å². The number of benzene rings is 2. The Hall–Kier alpha value is -4.34. The molecule has 0 unspecified atom stereocenters. The summed E-state index contributed by atoms with van der Waals surface area (Å²) in [6.07, 6.45) is 4.32. The lowest BCUT2D eigenvalue weighted by molar-refractivity contribution is -0.385. The summed E-state index contributed by atoms with van der Waals surface area (Å²) in [5.74, 6) is -3.03. The molecule has 2 aromatic carbocycles. The van der Waals surface area contributed by atoms with Gasteiger partial charge in [0.05, 0.1) is 35.1 Å². The summed E-state index contributed by atoms with van der Waals surface area (Å²) < 4.78 is 10.0. The van der Waals surface area contributed by atoms with E-state index in [0.29, 0.717) is 6.42 Å². The van der Waals surface area contributed by atoms with Crippen molar-refractivity contribution in [2.75, 3.05) is 18.6 Å². The molecule has 2 amide bonds. The number of hydrogen-bond donors (Lipinski definition) is 0. The van der Waals surface area contributed by atoms with Crippen molar-refractivity contribution in [2.45, 2.75) is 13.3 Å². The molecule has 10 heteroatoms. The maximum Gasteiger partial charge on any atom is 0.338 e. The SMILES string of the molecule is COc1ccc(C(=O)COC(=O)c2cccc(N3C(=O)[C@@H]4[C@@H](C)C=CC[C@H]4C3=O)c2)cc1[N+](=O)[O-]. The number of nitro groups is 1. The number of nitrogens with zero attached hydrogens (tertiary/aromatic N) is 2. The van der Waals surface area contributed by atoms with Gasteiger partial charge in [-0.1, -0.05) is 25.1 Å². The molecule has 0 radical (unpaired) electrons. The number of ketones is 1. The monoisotopic (exact) mass is 478 g/mol. The molecule has 2 aromatic rings. The third-order valence-corrected chi connectivity index (χ3v) is 6.24. The lowest BCUT2D eigenvalue weighted by Crippen LogP contribution is -2.31. The Labute approximate surface area is 200 Å². The third kappa shape index (κ3) is 4.42. The van der Waals surface area contributed by atoms with Crippen LogP contribution in [0.25, 0.3) is 0 Å². The van der Waals surface area contributed by atoms with Gasteiger partial charge in [0.2, 0.25) is 17.6 Å². The lowest BCUT2D eigenvalue weighted by Gasteiger charge is -2.22. The van der Waals surface area contributed by atoms with Crippen LogP contribution in [0, 0.1) is 27.9 Å². The molecular formula is C25H22N2O8. The molecule has 0 spiro atoms. The second-order valence-electron chi connectivity index (χ2n) is 8.36. The highest BCUT2D eigenvalue weighted by atomic mass is 16.6. The topological polar surface area (TPSA) is 133 Å². The molecule has 2 aliphatic rings. The van der Waals surface area contributed by atoms with Crippen molar-refractivity contribution in [3.63, 3.8) is 0 Å². The lowest BCUT2D eigenvalue weighted by atomic mass is 9.78. The number of rotatable bonds is 7. The standard InChI is InChI=1S/C25H22N2O8/c1-14-5-3-8-18-22(14)24(30)26(23(18)29)17-7-4-6-16(11-17)25(31)35-13-20(28)15-9-10-21(34-2)19(12-15)27(32)33/h3-7,9-12,14,18,22H,8,13H2,1-2H3/t14-,18+,22+/m0/s1. The first kappa shape index (κ1) is 23.8. The zero-order chi connectivity index (χ0) is 25.3. The normalized spacial score (nSPS) is 21.0. The van der Waals surface area contributed by atoms with Crippen molar-refractivity contribution in [3.8, 4) is 5.75 Å². The van der Waals surface area contributed by atoms with Gasteiger partial charge in [-0.2, -0.15) is 0 Å². The van der Waals surface area contributed by atoms with E-state index in [1.807, 2.05) is 19.1 Å². The number of amides is 2. The number of carbonyl (C=O) groups excluding carboxylic acids is 4. The van der Waals surface area contributed by atoms with Gasteiger partial charge in [0.15, 0.2) is 12.4 Å². The highest BCUT2D eigenvalue weighted by molar-refractivity contribution is 6.22. The average Bonchev–Trinajstić information content (AvgIpc) is 3.12. The van der Waals surface area contributed by atoms with Crippen molar-refractivity contribution >= 4 is 34.9 Å². The van der Waals surface area contributed by atoms with Gasteiger partial charge in [-0.05, 0) is 42.7 Å². The number of carbonyl (C=O) groups is 4. The predicted octanol–water partition coefficient (Wildman–Crippen LogP) is 3.34. The number of methoxy groups -OCH3 is 1. The third-order valence-electron chi connectivity index (χ3n) is 6.24. The average molecular weight is 478 g/mol. The summed E-state index contributed by atoms with van der Waals surface area (Å²) in [4.78, 5) is 62.5. The van der Waals surface area contributed by atoms with Crippen LogP contribution in [0.5, 0.6) is 5.75 Å². The Morgan fingerprint density at radius 1 is 1.11 bits per heavy atom. The minimum Gasteiger partial charge on any atom is -0.490 e. The molecule has 1 heterocycles. The van der Waals surface area contributed by atoms with E-state index in [4.69, 9.17) is 9.47 Å². The maximum absolute atomic E-state index is 13.0. The number of anilines is 1. The summed E-state index contributed by atoms with van der Waals surface area (Å²) in [6, 6.07) is 9.56. The van der Waals surface area contributed by atoms with E-state index in [-0.39, 0.29) is 46.0 Å². The quantitative estimate of drug-likeness (QED) is 0.148. The van der Waals surface area contributed by atoms with Crippen LogP contribution in [-0.2, 0) is 14.3 Å². The van der Waals surface area contributed by atoms with Crippen molar-refractivity contribution in [1.29, 1.82) is 0 Å². The van der Waals surface area contributed by atoms with E-state index in [1.54, 1.807) is 6.07 Å². The van der Waals surface area contributed by atoms with Gasteiger partial charge < -0.3 is 9.47 Å². The van der Waals surface area contributed by atoms with Crippen molar-refractivity contribution in [2.24, 2.45) is 17.8 Å². The van der Waals surface area contributed by atoms with Crippen molar-refractivity contribution in [3.05, 3.63) is 75.9 Å². The fourth-order valence-electron chi connectivity index (χ4n) is 4.48. The van der Waals surface area contributed by atoms with E-state index >= 15 is 0 Å². The summed E-state index contributed by atoms with van der Waals surface area (Å²) >= 11 is 0. The highest BCUT2D eigenvalue weighted by Crippen LogP contribution is 2.40. The molecule has 1 aliphatic heterocycles. The minimum absolute atomic E-state index is 0.00335. The molecule has 3 atom stereocenters. The largest absolute Gasteiger partial charge is 0.490 e. The molecule has 0 aromatic heterocycles. The summed E-state index contributed by atoms with van der Waals surface area (Å²) in [5, 5.41) is 11.2. The summed E-state index contributed by atoms with van der Waals surface area (Å²) in [5.41, 5.74) is -0.0918. The van der Waals surface area contributed by atoms with Gasteiger partial charge in [-0.15, -0.1) is 0 Å². The fourth-order valence-corrected chi connectivity index (χ4v) is 4.48. The molecule has 1 aliphatic carbocycles. The fraction of sp³-hybridized carbons (Fsp3) is 0.280. The van der Waals surface area contributed by atoms with Gasteiger partial charge in [-0.3, -0.25) is 29.4 Å². The number of fused-ring (bicyclic) bond motifs is 1. The van der Waals surface area contributed by atoms with Gasteiger partial charge in [0, 0.05) is 11.6 Å². The Kier molecular flexibility index (Phi) is 6.46. The first-order valence-electron chi connectivity index (χ1n) is 10.9. The number of ether oxygens (including phenoxy) is 2. The molecular weight excluding hydrogens is 456 g/mol. The van der Waals surface area contributed by atoms with E-state index in [0.717, 1.165) is 11.0 Å². The molecule has 1 saturated heterocycles. The zero-order valence-electron chi connectivity index (χ0n) is 19.0. The summed E-state index contributed by atoms with van der Waals surface area (Å²) in [6.45, 7) is 1.24. The van der Waals surface area contributed by atoms with Crippen LogP contribution in [0.4, 0.5) is 11.4 Å². The summed E-state index contributed by atoms with van der Waals surface area (Å²) in [7, 11) is 1.27. The highest BCUT2D eigenvalue weighted by Gasteiger charge is 2.50. The van der Waals surface area contributed by atoms with E-state index in [9.17, 15) is 29.3 Å². The molecule has 0 bridgehead atoms. The Bertz CT molecular complexity index is 1270. The Balaban J connectivity index is 1.47. The molecule has 0 N–H and O–H groups in total. The smallest absolute Gasteiger partial charge is 0.338 e. The number of Topliss-reactive ketones (excluding diaryl/α,β-unsaturated/α-hetero) is 1. The van der Waals surface area contributed by atoms with Crippen LogP contribution in [-0.4, -0.2) is 42.2 Å². The van der Waals surface area contributed by atoms with E-state index < -0.39 is 35.1 Å². The molecule has 1 fully saturated rings. The first-order valence-corrected chi connectivity index (χ1v) is 10.9. The van der Waals surface area contributed by atoms with Gasteiger partial charge in [0.1, 0.15) is 0 Å². The second kappa shape index (κ2) is 9.49. The molecule has 0 saturated carbocycles. The Morgan fingerprint density at radius 3 is 2.57 bits per heavy atom. The van der Waals surface area contributed by atoms with Gasteiger partial charge in [-0.25, -0.2) is 4.79 Å². The van der Waals surface area contributed by atoms with Gasteiger partial charge in [0.25, 0.3) is 0 Å². The molecule has 35 heavy (non-hydrogen) atoms. The number of allylic oxidation sites excluding steroid dienone is 2. The van der Waals surface area contributed by atoms with Crippen molar-refractivity contribution < 1.29 is 33.6 Å². The second-order valence-corrected chi connectivity index (χ2v) is 8.36. The molecule has 4 rings (SSSR count). The van der Waals surface area contributed by atoms with Crippen LogP contribution in [0.3, 0.4) is 0 Å². The van der Waals surface area contributed by atoms with Crippen LogP contribution in [0.1, 0.15) is 34.1 Å². The van der Waals surface area contributed by atoms with E-state index in [1.165, 1.54) is 37.4 Å². The zero-order valence-corrected chi connectivity index (χ0v) is 19.0. The predicted molar refractivity (Wildman–Crippen MR) is 123 cm³/mol. The first-order chi connectivity index (χ1) is 16.7. The molecule has 180 valence electrons. The Morgan fingerprint density at radius 2 is 1.89 bits per heavy atom. The van der Waals surface area contributed by atoms with Crippen LogP contribution in [0.15, 0.2) is 54.6 Å². The van der Waals surface area contributed by atoms with E-state index in [2.05, 4.69) is 0 Å². The van der Waals surface area contributed by atoms with Crippen LogP contribution in [0.2, 0.25) is 0 Å². The molecule has 10 nitrogen and oxygen atoms in total. The number of imide groups is 1. The minimum atomic E-state index is -0.838. The van der Waals surface area contributed by atoms with Crippen molar-refractivity contribution in [1.82, 2.24) is 0 Å². The number of nitro benzene ring substituents is 1. The van der Waals surface area contributed by atoms with Gasteiger partial charge >= 0.3 is 11.7 Å².